The van der Waals surface area contributed by atoms with Crippen LogP contribution in [0.1, 0.15) is 48.2 Å². The molecule has 0 radical (unpaired) electrons. The number of aromatic nitrogens is 1. The van der Waals surface area contributed by atoms with Crippen LogP contribution in [-0.2, 0) is 17.6 Å². The number of hydrogen-bond donors (Lipinski definition) is 3. The van der Waals surface area contributed by atoms with E-state index >= 15 is 0 Å². The van der Waals surface area contributed by atoms with Crippen LogP contribution in [0.4, 0.5) is 8.78 Å². The number of benzene rings is 2. The maximum Gasteiger partial charge on any atom is 0.217 e. The van der Waals surface area contributed by atoms with Gasteiger partial charge in [0.25, 0.3) is 0 Å². The number of aliphatic hydroxyl groups is 1. The number of aryl methyl sites for hydroxylation is 2. The number of fused-ring (bicyclic) bond motifs is 1. The summed E-state index contributed by atoms with van der Waals surface area (Å²) in [5.74, 6) is -1.69. The Balaban J connectivity index is 1.48. The largest absolute Gasteiger partial charge is 0.390 e. The normalized spacial score (nSPS) is 16.9. The molecule has 1 aliphatic carbocycles. The molecule has 1 aromatic heterocycles. The van der Waals surface area contributed by atoms with Crippen LogP contribution in [0.25, 0.3) is 11.1 Å². The van der Waals surface area contributed by atoms with Gasteiger partial charge in [0.1, 0.15) is 11.6 Å². The molecule has 1 heterocycles. The number of aliphatic hydroxyl groups excluding tert-OH is 1. The van der Waals surface area contributed by atoms with E-state index in [1.165, 1.54) is 30.2 Å². The number of halogens is 2. The van der Waals surface area contributed by atoms with Crippen LogP contribution < -0.4 is 10.6 Å². The van der Waals surface area contributed by atoms with Gasteiger partial charge in [-0.15, -0.1) is 0 Å². The van der Waals surface area contributed by atoms with E-state index in [2.05, 4.69) is 39.9 Å². The maximum atomic E-state index is 13.6. The van der Waals surface area contributed by atoms with Gasteiger partial charge < -0.3 is 15.7 Å². The van der Waals surface area contributed by atoms with Crippen molar-refractivity contribution in [3.63, 3.8) is 0 Å². The first-order chi connectivity index (χ1) is 16.8. The monoisotopic (exact) mass is 479 g/mol. The van der Waals surface area contributed by atoms with E-state index in [1.54, 1.807) is 0 Å². The summed E-state index contributed by atoms with van der Waals surface area (Å²) < 4.78 is 27.3. The quantitative estimate of drug-likeness (QED) is 0.448. The zero-order chi connectivity index (χ0) is 24.9. The van der Waals surface area contributed by atoms with Crippen LogP contribution in [0, 0.1) is 18.6 Å². The predicted octanol–water partition coefficient (Wildman–Crippen LogP) is 4.41. The van der Waals surface area contributed by atoms with Crippen LogP contribution in [-0.4, -0.2) is 34.7 Å². The van der Waals surface area contributed by atoms with Crippen LogP contribution in [0.5, 0.6) is 0 Å². The van der Waals surface area contributed by atoms with E-state index in [-0.39, 0.29) is 24.9 Å². The van der Waals surface area contributed by atoms with Gasteiger partial charge in [0.2, 0.25) is 5.91 Å². The molecule has 0 aliphatic heterocycles. The SMILES string of the molecule is CC(=O)N[C@@H](Cc1cc(F)cc(F)c1)[C@@H](O)CNC1CCCc2ccc(-c3ccc(C)nc3)cc21. The fraction of sp³-hybridized carbons (Fsp3) is 0.357. The first-order valence-electron chi connectivity index (χ1n) is 12.0. The van der Waals surface area contributed by atoms with Gasteiger partial charge in [-0.3, -0.25) is 9.78 Å². The van der Waals surface area contributed by atoms with Gasteiger partial charge in [0, 0.05) is 43.0 Å². The molecule has 0 saturated heterocycles. The molecule has 0 spiro atoms. The third-order valence-corrected chi connectivity index (χ3v) is 6.51. The van der Waals surface area contributed by atoms with Gasteiger partial charge in [-0.1, -0.05) is 18.2 Å². The first-order valence-corrected chi connectivity index (χ1v) is 12.0. The molecule has 1 unspecified atom stereocenters. The number of hydrogen-bond acceptors (Lipinski definition) is 4. The van der Waals surface area contributed by atoms with Gasteiger partial charge in [0.15, 0.2) is 0 Å². The Morgan fingerprint density at radius 2 is 1.86 bits per heavy atom. The molecule has 2 aromatic carbocycles. The smallest absolute Gasteiger partial charge is 0.217 e. The highest BCUT2D eigenvalue weighted by atomic mass is 19.1. The van der Waals surface area contributed by atoms with Gasteiger partial charge in [-0.05, 0) is 79.1 Å². The lowest BCUT2D eigenvalue weighted by atomic mass is 9.85. The second-order valence-corrected chi connectivity index (χ2v) is 9.31. The summed E-state index contributed by atoms with van der Waals surface area (Å²) >= 11 is 0. The molecule has 184 valence electrons. The zero-order valence-corrected chi connectivity index (χ0v) is 20.0. The molecule has 0 saturated carbocycles. The van der Waals surface area contributed by atoms with E-state index < -0.39 is 23.8 Å². The second kappa shape index (κ2) is 11.1. The number of amides is 1. The van der Waals surface area contributed by atoms with Crippen LogP contribution >= 0.6 is 0 Å². The fourth-order valence-electron chi connectivity index (χ4n) is 4.76. The number of nitrogens with one attached hydrogen (secondary N) is 2. The summed E-state index contributed by atoms with van der Waals surface area (Å²) in [6.45, 7) is 3.54. The Labute approximate surface area is 204 Å². The summed E-state index contributed by atoms with van der Waals surface area (Å²) in [6.07, 6.45) is 4.00. The van der Waals surface area contributed by atoms with Gasteiger partial charge in [-0.2, -0.15) is 0 Å². The van der Waals surface area contributed by atoms with Crippen LogP contribution in [0.15, 0.2) is 54.7 Å². The molecule has 3 aromatic rings. The predicted molar refractivity (Wildman–Crippen MR) is 132 cm³/mol. The minimum absolute atomic E-state index is 0.0522. The van der Waals surface area contributed by atoms with E-state index in [0.717, 1.165) is 42.1 Å². The molecule has 0 fully saturated rings. The van der Waals surface area contributed by atoms with Crippen molar-refractivity contribution < 1.29 is 18.7 Å². The van der Waals surface area contributed by atoms with Gasteiger partial charge >= 0.3 is 0 Å². The second-order valence-electron chi connectivity index (χ2n) is 9.31. The molecule has 7 heteroatoms. The Morgan fingerprint density at radius 3 is 2.54 bits per heavy atom. The lowest BCUT2D eigenvalue weighted by molar-refractivity contribution is -0.120. The number of nitrogens with zero attached hydrogens (tertiary/aromatic N) is 1. The van der Waals surface area contributed by atoms with Crippen LogP contribution in [0.3, 0.4) is 0 Å². The Bertz CT molecular complexity index is 1160. The van der Waals surface area contributed by atoms with Crippen molar-refractivity contribution in [2.45, 2.75) is 57.7 Å². The molecule has 1 aliphatic rings. The topological polar surface area (TPSA) is 74.2 Å². The van der Waals surface area contributed by atoms with E-state index in [9.17, 15) is 18.7 Å². The van der Waals surface area contributed by atoms with Gasteiger partial charge in [-0.25, -0.2) is 8.78 Å². The maximum absolute atomic E-state index is 13.6. The average molecular weight is 480 g/mol. The van der Waals surface area contributed by atoms with E-state index in [4.69, 9.17) is 0 Å². The standard InChI is InChI=1S/C28H31F2N3O2/c1-17-6-7-22(15-31-17)21-9-8-20-4-3-5-26(25(20)13-21)32-16-28(35)27(33-18(2)34)12-19-10-23(29)14-24(30)11-19/h6-11,13-15,26-28,32,35H,3-5,12,16H2,1-2H3,(H,33,34)/t26?,27-,28-/m0/s1. The molecule has 35 heavy (non-hydrogen) atoms. The third kappa shape index (κ3) is 6.50. The van der Waals surface area contributed by atoms with Crippen molar-refractivity contribution in [3.8, 4) is 11.1 Å². The summed E-state index contributed by atoms with van der Waals surface area (Å²) in [5.41, 5.74) is 5.96. The van der Waals surface area contributed by atoms with E-state index in [1.807, 2.05) is 19.2 Å². The highest BCUT2D eigenvalue weighted by Gasteiger charge is 2.25. The molecule has 4 rings (SSSR count). The molecule has 3 N–H and O–H groups in total. The van der Waals surface area contributed by atoms with Crippen LogP contribution in [0.2, 0.25) is 0 Å². The fourth-order valence-corrected chi connectivity index (χ4v) is 4.76. The lowest BCUT2D eigenvalue weighted by Crippen LogP contribution is -2.48. The van der Waals surface area contributed by atoms with Gasteiger partial charge in [0.05, 0.1) is 12.1 Å². The van der Waals surface area contributed by atoms with Crippen molar-refractivity contribution in [2.24, 2.45) is 0 Å². The van der Waals surface area contributed by atoms with Crippen molar-refractivity contribution in [1.29, 1.82) is 0 Å². The molecule has 0 bridgehead atoms. The van der Waals surface area contributed by atoms with Crippen molar-refractivity contribution in [2.75, 3.05) is 6.54 Å². The van der Waals surface area contributed by atoms with Crippen molar-refractivity contribution in [1.82, 2.24) is 15.6 Å². The first kappa shape index (κ1) is 24.9. The minimum Gasteiger partial charge on any atom is -0.390 e. The number of pyridine rings is 1. The summed E-state index contributed by atoms with van der Waals surface area (Å²) in [6, 6.07) is 13.1. The lowest BCUT2D eigenvalue weighted by Gasteiger charge is -2.30. The summed E-state index contributed by atoms with van der Waals surface area (Å²) in [5, 5.41) is 17.1. The molecule has 5 nitrogen and oxygen atoms in total. The molecule has 1 amide bonds. The Kier molecular flexibility index (Phi) is 7.88. The highest BCUT2D eigenvalue weighted by molar-refractivity contribution is 5.73. The number of carbonyl (C=O) groups is 1. The third-order valence-electron chi connectivity index (χ3n) is 6.51. The Morgan fingerprint density at radius 1 is 1.11 bits per heavy atom. The molecule has 3 atom stereocenters. The van der Waals surface area contributed by atoms with Crippen molar-refractivity contribution in [3.05, 3.63) is 88.7 Å². The zero-order valence-electron chi connectivity index (χ0n) is 20.0. The Hall–Kier alpha value is -3.16. The van der Waals surface area contributed by atoms with E-state index in [0.29, 0.717) is 5.56 Å². The molecular formula is C28H31F2N3O2. The van der Waals surface area contributed by atoms with Crippen molar-refractivity contribution >= 4 is 5.91 Å². The molecular weight excluding hydrogens is 448 g/mol. The summed E-state index contributed by atoms with van der Waals surface area (Å²) in [4.78, 5) is 16.2. The minimum atomic E-state index is -0.944. The number of rotatable bonds is 8. The average Bonchev–Trinajstić information content (AvgIpc) is 2.81. The number of carbonyl (C=O) groups excluding carboxylic acids is 1. The summed E-state index contributed by atoms with van der Waals surface area (Å²) in [7, 11) is 0. The highest BCUT2D eigenvalue weighted by Crippen LogP contribution is 2.33.